The van der Waals surface area contributed by atoms with Gasteiger partial charge in [-0.05, 0) is 23.8 Å². The lowest BCUT2D eigenvalue weighted by Gasteiger charge is -2.18. The molecule has 7 nitrogen and oxygen atoms in total. The first-order valence-electron chi connectivity index (χ1n) is 8.73. The first-order valence-corrected chi connectivity index (χ1v) is 8.73. The maximum atomic E-state index is 13.8. The summed E-state index contributed by atoms with van der Waals surface area (Å²) in [4.78, 5) is 35.9. The van der Waals surface area contributed by atoms with Crippen molar-refractivity contribution in [2.24, 2.45) is 5.92 Å². The number of nitro groups is 1. The van der Waals surface area contributed by atoms with Gasteiger partial charge in [0.25, 0.3) is 5.69 Å². The van der Waals surface area contributed by atoms with Crippen LogP contribution in [0.4, 0.5) is 28.9 Å². The van der Waals surface area contributed by atoms with Gasteiger partial charge in [-0.3, -0.25) is 19.7 Å². The lowest BCUT2D eigenvalue weighted by Crippen LogP contribution is -2.28. The summed E-state index contributed by atoms with van der Waals surface area (Å²) in [5.41, 5.74) is -1.40. The second-order valence-electron chi connectivity index (χ2n) is 6.78. The van der Waals surface area contributed by atoms with Crippen LogP contribution in [-0.4, -0.2) is 28.2 Å². The standard InChI is InChI=1S/C19H15F4N3O4/c20-15-5-4-14(26(29)30)8-16(15)24-18(28)12-7-17(27)25(10-12)9-11-2-1-3-13(6-11)19(21,22)23/h1-6,8,12H,7,9-10H2,(H,24,28). The van der Waals surface area contributed by atoms with Gasteiger partial charge >= 0.3 is 6.18 Å². The van der Waals surface area contributed by atoms with Gasteiger partial charge in [0.2, 0.25) is 11.8 Å². The number of nitrogens with one attached hydrogen (secondary N) is 1. The molecular formula is C19H15F4N3O4. The Balaban J connectivity index is 1.68. The van der Waals surface area contributed by atoms with Crippen molar-refractivity contribution in [3.8, 4) is 0 Å². The zero-order valence-corrected chi connectivity index (χ0v) is 15.3. The Morgan fingerprint density at radius 3 is 2.63 bits per heavy atom. The Morgan fingerprint density at radius 1 is 1.23 bits per heavy atom. The first kappa shape index (κ1) is 21.2. The number of rotatable bonds is 5. The molecule has 1 saturated heterocycles. The molecule has 1 atom stereocenters. The summed E-state index contributed by atoms with van der Waals surface area (Å²) in [5.74, 6) is -2.90. The lowest BCUT2D eigenvalue weighted by atomic mass is 10.1. The molecule has 1 heterocycles. The van der Waals surface area contributed by atoms with Crippen molar-refractivity contribution in [3.63, 3.8) is 0 Å². The maximum absolute atomic E-state index is 13.8. The molecule has 1 aliphatic rings. The van der Waals surface area contributed by atoms with Crippen molar-refractivity contribution in [1.82, 2.24) is 4.90 Å². The van der Waals surface area contributed by atoms with E-state index in [0.29, 0.717) is 0 Å². The van der Waals surface area contributed by atoms with Gasteiger partial charge in [-0.15, -0.1) is 0 Å². The molecule has 1 fully saturated rings. The normalized spacial score (nSPS) is 16.6. The van der Waals surface area contributed by atoms with E-state index in [1.807, 2.05) is 0 Å². The SMILES string of the molecule is O=C(Nc1cc([N+](=O)[O-])ccc1F)C1CC(=O)N(Cc2cccc(C(F)(F)F)c2)C1. The van der Waals surface area contributed by atoms with Crippen LogP contribution in [0.15, 0.2) is 42.5 Å². The van der Waals surface area contributed by atoms with Crippen LogP contribution in [0.5, 0.6) is 0 Å². The second kappa shape index (κ2) is 8.09. The average molecular weight is 425 g/mol. The quantitative estimate of drug-likeness (QED) is 0.449. The van der Waals surface area contributed by atoms with E-state index in [1.54, 1.807) is 0 Å². The van der Waals surface area contributed by atoms with E-state index in [9.17, 15) is 37.3 Å². The minimum Gasteiger partial charge on any atom is -0.338 e. The Morgan fingerprint density at radius 2 is 1.97 bits per heavy atom. The van der Waals surface area contributed by atoms with Gasteiger partial charge in [-0.1, -0.05) is 12.1 Å². The summed E-state index contributed by atoms with van der Waals surface area (Å²) >= 11 is 0. The third kappa shape index (κ3) is 4.73. The first-order chi connectivity index (χ1) is 14.0. The third-order valence-corrected chi connectivity index (χ3v) is 4.63. The topological polar surface area (TPSA) is 92.5 Å². The molecule has 11 heteroatoms. The van der Waals surface area contributed by atoms with E-state index >= 15 is 0 Å². The molecule has 0 bridgehead atoms. The number of anilines is 1. The third-order valence-electron chi connectivity index (χ3n) is 4.63. The molecule has 1 unspecified atom stereocenters. The van der Waals surface area contributed by atoms with Crippen LogP contribution in [0.25, 0.3) is 0 Å². The van der Waals surface area contributed by atoms with Gasteiger partial charge in [-0.25, -0.2) is 4.39 Å². The number of halogens is 4. The molecule has 3 rings (SSSR count). The molecule has 2 aromatic rings. The smallest absolute Gasteiger partial charge is 0.338 e. The van der Waals surface area contributed by atoms with E-state index < -0.39 is 51.6 Å². The predicted octanol–water partition coefficient (Wildman–Crippen LogP) is 3.74. The fourth-order valence-corrected chi connectivity index (χ4v) is 3.12. The molecule has 0 radical (unpaired) electrons. The number of nitrogens with zero attached hydrogens (tertiary/aromatic N) is 2. The van der Waals surface area contributed by atoms with E-state index in [2.05, 4.69) is 5.32 Å². The molecule has 30 heavy (non-hydrogen) atoms. The molecular weight excluding hydrogens is 410 g/mol. The number of benzene rings is 2. The van der Waals surface area contributed by atoms with Gasteiger partial charge in [0.05, 0.1) is 22.1 Å². The van der Waals surface area contributed by atoms with Crippen molar-refractivity contribution < 1.29 is 32.1 Å². The molecule has 0 spiro atoms. The number of carbonyl (C=O) groups is 2. The predicted molar refractivity (Wildman–Crippen MR) is 96.7 cm³/mol. The zero-order chi connectivity index (χ0) is 22.1. The van der Waals surface area contributed by atoms with Crippen LogP contribution >= 0.6 is 0 Å². The Kier molecular flexibility index (Phi) is 5.72. The highest BCUT2D eigenvalue weighted by atomic mass is 19.4. The molecule has 1 N–H and O–H groups in total. The highest BCUT2D eigenvalue weighted by Gasteiger charge is 2.35. The molecule has 2 aromatic carbocycles. The van der Waals surface area contributed by atoms with Crippen LogP contribution in [-0.2, 0) is 22.3 Å². The Bertz CT molecular complexity index is 1010. The van der Waals surface area contributed by atoms with Crippen molar-refractivity contribution in [2.75, 3.05) is 11.9 Å². The van der Waals surface area contributed by atoms with E-state index in [0.717, 1.165) is 30.3 Å². The number of amides is 2. The van der Waals surface area contributed by atoms with Crippen molar-refractivity contribution in [3.05, 3.63) is 69.5 Å². The van der Waals surface area contributed by atoms with Crippen LogP contribution in [0.3, 0.4) is 0 Å². The van der Waals surface area contributed by atoms with Crippen LogP contribution in [0, 0.1) is 21.8 Å². The fourth-order valence-electron chi connectivity index (χ4n) is 3.12. The van der Waals surface area contributed by atoms with Gasteiger partial charge in [0.1, 0.15) is 5.82 Å². The van der Waals surface area contributed by atoms with Crippen molar-refractivity contribution in [1.29, 1.82) is 0 Å². The Labute approximate surface area is 167 Å². The number of hydrogen-bond acceptors (Lipinski definition) is 4. The summed E-state index contributed by atoms with van der Waals surface area (Å²) in [6.07, 6.45) is -4.73. The highest BCUT2D eigenvalue weighted by Crippen LogP contribution is 2.30. The van der Waals surface area contributed by atoms with Crippen molar-refractivity contribution >= 4 is 23.2 Å². The molecule has 1 aliphatic heterocycles. The summed E-state index contributed by atoms with van der Waals surface area (Å²) in [5, 5.41) is 13.0. The molecule has 0 aromatic heterocycles. The summed E-state index contributed by atoms with van der Waals surface area (Å²) in [7, 11) is 0. The molecule has 158 valence electrons. The van der Waals surface area contributed by atoms with Crippen LogP contribution < -0.4 is 5.32 Å². The van der Waals surface area contributed by atoms with Crippen molar-refractivity contribution in [2.45, 2.75) is 19.1 Å². The lowest BCUT2D eigenvalue weighted by molar-refractivity contribution is -0.384. The fraction of sp³-hybridized carbons (Fsp3) is 0.263. The monoisotopic (exact) mass is 425 g/mol. The summed E-state index contributed by atoms with van der Waals surface area (Å²) in [6.45, 7) is -0.185. The molecule has 0 aliphatic carbocycles. The maximum Gasteiger partial charge on any atom is 0.416 e. The average Bonchev–Trinajstić information content (AvgIpc) is 3.03. The minimum atomic E-state index is -4.52. The van der Waals surface area contributed by atoms with Gasteiger partial charge < -0.3 is 10.2 Å². The van der Waals surface area contributed by atoms with E-state index in [-0.39, 0.29) is 25.1 Å². The number of likely N-dealkylation sites (tertiary alicyclic amines) is 1. The number of hydrogen-bond donors (Lipinski definition) is 1. The highest BCUT2D eigenvalue weighted by molar-refractivity contribution is 5.97. The van der Waals surface area contributed by atoms with E-state index in [1.165, 1.54) is 17.0 Å². The molecule has 2 amide bonds. The largest absolute Gasteiger partial charge is 0.416 e. The van der Waals surface area contributed by atoms with Gasteiger partial charge in [0, 0.05) is 31.6 Å². The second-order valence-corrected chi connectivity index (χ2v) is 6.78. The number of carbonyl (C=O) groups excluding carboxylic acids is 2. The Hall–Kier alpha value is -3.50. The summed E-state index contributed by atoms with van der Waals surface area (Å²) in [6, 6.07) is 7.17. The van der Waals surface area contributed by atoms with Gasteiger partial charge in [0.15, 0.2) is 0 Å². The molecule has 0 saturated carbocycles. The van der Waals surface area contributed by atoms with Gasteiger partial charge in [-0.2, -0.15) is 13.2 Å². The number of non-ortho nitro benzene ring substituents is 1. The summed E-state index contributed by atoms with van der Waals surface area (Å²) < 4.78 is 52.4. The van der Waals surface area contributed by atoms with E-state index in [4.69, 9.17) is 0 Å². The number of alkyl halides is 3. The van der Waals surface area contributed by atoms with Crippen LogP contribution in [0.1, 0.15) is 17.5 Å². The van der Waals surface area contributed by atoms with Crippen LogP contribution in [0.2, 0.25) is 0 Å². The zero-order valence-electron chi connectivity index (χ0n) is 15.3. The minimum absolute atomic E-state index is 0.0720. The number of nitro benzene ring substituents is 1.